The molecule has 0 radical (unpaired) electrons. The maximum atomic E-state index is 12.7. The number of ether oxygens (including phenoxy) is 1. The van der Waals surface area contributed by atoms with E-state index in [4.69, 9.17) is 4.74 Å². The van der Waals surface area contributed by atoms with Crippen molar-refractivity contribution in [2.24, 2.45) is 0 Å². The van der Waals surface area contributed by atoms with Gasteiger partial charge in [0, 0.05) is 19.5 Å². The maximum absolute atomic E-state index is 12.7. The van der Waals surface area contributed by atoms with Gasteiger partial charge in [-0.15, -0.1) is 0 Å². The quantitative estimate of drug-likeness (QED) is 0.855. The Bertz CT molecular complexity index is 696. The fraction of sp³-hybridized carbons (Fsp3) is 0.471. The molecule has 1 heterocycles. The first-order chi connectivity index (χ1) is 11.2. The number of carboxylic acid groups (broad SMARTS) is 1. The standard InChI is InChI=1S/C17H22N2O5/c1-5-14(20)18-6-7-19-12-9-11(15(21)22)10(2)8-13(12)24-17(3,4)16(19)23/h8-9H,5-7H2,1-4H3,(H,18,20)(H,21,22). The first-order valence-electron chi connectivity index (χ1n) is 7.83. The summed E-state index contributed by atoms with van der Waals surface area (Å²) in [7, 11) is 0. The Labute approximate surface area is 140 Å². The number of benzene rings is 1. The van der Waals surface area contributed by atoms with E-state index in [9.17, 15) is 19.5 Å². The lowest BCUT2D eigenvalue weighted by Gasteiger charge is -2.39. The van der Waals surface area contributed by atoms with Crippen LogP contribution in [0, 0.1) is 6.92 Å². The number of fused-ring (bicyclic) bond motifs is 1. The van der Waals surface area contributed by atoms with Crippen LogP contribution in [0.2, 0.25) is 0 Å². The van der Waals surface area contributed by atoms with Crippen molar-refractivity contribution in [2.45, 2.75) is 39.7 Å². The number of amides is 2. The van der Waals surface area contributed by atoms with Crippen molar-refractivity contribution < 1.29 is 24.2 Å². The van der Waals surface area contributed by atoms with Crippen LogP contribution in [0.5, 0.6) is 5.75 Å². The minimum atomic E-state index is -1.06. The Morgan fingerprint density at radius 2 is 2.00 bits per heavy atom. The van der Waals surface area contributed by atoms with E-state index in [0.29, 0.717) is 23.4 Å². The summed E-state index contributed by atoms with van der Waals surface area (Å²) in [6, 6.07) is 3.08. The van der Waals surface area contributed by atoms with Crippen molar-refractivity contribution in [1.82, 2.24) is 5.32 Å². The molecule has 24 heavy (non-hydrogen) atoms. The minimum Gasteiger partial charge on any atom is -0.478 e. The second kappa shape index (κ2) is 6.51. The van der Waals surface area contributed by atoms with E-state index in [1.54, 1.807) is 33.8 Å². The molecule has 2 rings (SSSR count). The average Bonchev–Trinajstić information content (AvgIpc) is 2.49. The van der Waals surface area contributed by atoms with Crippen LogP contribution in [0.1, 0.15) is 43.1 Å². The Morgan fingerprint density at radius 3 is 2.58 bits per heavy atom. The Kier molecular flexibility index (Phi) is 4.82. The number of nitrogens with one attached hydrogen (secondary N) is 1. The van der Waals surface area contributed by atoms with Gasteiger partial charge in [-0.1, -0.05) is 6.92 Å². The average molecular weight is 334 g/mol. The molecule has 7 nitrogen and oxygen atoms in total. The molecular formula is C17H22N2O5. The van der Waals surface area contributed by atoms with Gasteiger partial charge in [-0.05, 0) is 38.5 Å². The van der Waals surface area contributed by atoms with Gasteiger partial charge in [0.05, 0.1) is 11.3 Å². The molecule has 1 aliphatic heterocycles. The third-order valence-electron chi connectivity index (χ3n) is 3.93. The molecule has 130 valence electrons. The summed E-state index contributed by atoms with van der Waals surface area (Å²) >= 11 is 0. The minimum absolute atomic E-state index is 0.106. The molecule has 1 aliphatic rings. The summed E-state index contributed by atoms with van der Waals surface area (Å²) in [6.45, 7) is 7.28. The predicted octanol–water partition coefficient (Wildman–Crippen LogP) is 1.72. The normalized spacial score (nSPS) is 15.5. The van der Waals surface area contributed by atoms with Crippen molar-refractivity contribution in [1.29, 1.82) is 0 Å². The third-order valence-corrected chi connectivity index (χ3v) is 3.93. The molecule has 2 amide bonds. The van der Waals surface area contributed by atoms with Crippen molar-refractivity contribution in [3.8, 4) is 5.75 Å². The molecule has 0 fully saturated rings. The second-order valence-electron chi connectivity index (χ2n) is 6.21. The van der Waals surface area contributed by atoms with E-state index in [1.165, 1.54) is 11.0 Å². The number of nitrogens with zero attached hydrogens (tertiary/aromatic N) is 1. The summed E-state index contributed by atoms with van der Waals surface area (Å²) in [5, 5.41) is 12.0. The molecule has 1 aromatic carbocycles. The molecule has 0 bridgehead atoms. The number of anilines is 1. The van der Waals surface area contributed by atoms with Gasteiger partial charge < -0.3 is 20.1 Å². The van der Waals surface area contributed by atoms with Gasteiger partial charge in [-0.3, -0.25) is 9.59 Å². The SMILES string of the molecule is CCC(=O)NCCN1C(=O)C(C)(C)Oc2cc(C)c(C(=O)O)cc21. The fourth-order valence-corrected chi connectivity index (χ4v) is 2.60. The Hall–Kier alpha value is -2.57. The molecule has 0 saturated carbocycles. The van der Waals surface area contributed by atoms with Crippen molar-refractivity contribution in [2.75, 3.05) is 18.0 Å². The van der Waals surface area contributed by atoms with E-state index >= 15 is 0 Å². The Balaban J connectivity index is 2.38. The van der Waals surface area contributed by atoms with Crippen LogP contribution in [0.4, 0.5) is 5.69 Å². The van der Waals surface area contributed by atoms with E-state index in [1.807, 2.05) is 0 Å². The molecule has 7 heteroatoms. The summed E-state index contributed by atoms with van der Waals surface area (Å²) < 4.78 is 5.75. The van der Waals surface area contributed by atoms with Crippen molar-refractivity contribution in [3.63, 3.8) is 0 Å². The van der Waals surface area contributed by atoms with Gasteiger partial charge in [0.25, 0.3) is 5.91 Å². The van der Waals surface area contributed by atoms with Gasteiger partial charge in [0.1, 0.15) is 5.75 Å². The van der Waals surface area contributed by atoms with Crippen LogP contribution in [-0.2, 0) is 9.59 Å². The van der Waals surface area contributed by atoms with Crippen LogP contribution >= 0.6 is 0 Å². The molecule has 0 aliphatic carbocycles. The maximum Gasteiger partial charge on any atom is 0.336 e. The first kappa shape index (κ1) is 17.8. The van der Waals surface area contributed by atoms with E-state index in [-0.39, 0.29) is 30.5 Å². The molecule has 0 spiro atoms. The third kappa shape index (κ3) is 3.34. The number of hydrogen-bond donors (Lipinski definition) is 2. The highest BCUT2D eigenvalue weighted by Gasteiger charge is 2.41. The lowest BCUT2D eigenvalue weighted by atomic mass is 10.0. The lowest BCUT2D eigenvalue weighted by Crippen LogP contribution is -2.54. The highest BCUT2D eigenvalue weighted by molar-refractivity contribution is 6.04. The van der Waals surface area contributed by atoms with Crippen LogP contribution in [0.25, 0.3) is 0 Å². The largest absolute Gasteiger partial charge is 0.478 e. The molecule has 2 N–H and O–H groups in total. The number of aromatic carboxylic acids is 1. The summed E-state index contributed by atoms with van der Waals surface area (Å²) in [4.78, 5) is 36.9. The Morgan fingerprint density at radius 1 is 1.33 bits per heavy atom. The summed E-state index contributed by atoms with van der Waals surface area (Å²) in [5.74, 6) is -0.984. The highest BCUT2D eigenvalue weighted by atomic mass is 16.5. The van der Waals surface area contributed by atoms with Gasteiger partial charge in [-0.2, -0.15) is 0 Å². The lowest BCUT2D eigenvalue weighted by molar-refractivity contribution is -0.132. The van der Waals surface area contributed by atoms with Crippen LogP contribution in [0.15, 0.2) is 12.1 Å². The summed E-state index contributed by atoms with van der Waals surface area (Å²) in [6.07, 6.45) is 0.363. The molecule has 0 saturated heterocycles. The number of carbonyl (C=O) groups excluding carboxylic acids is 2. The van der Waals surface area contributed by atoms with Crippen molar-refractivity contribution >= 4 is 23.5 Å². The highest BCUT2D eigenvalue weighted by Crippen LogP contribution is 2.39. The molecule has 0 atom stereocenters. The van der Waals surface area contributed by atoms with Crippen LogP contribution in [-0.4, -0.2) is 41.6 Å². The number of carbonyl (C=O) groups is 3. The van der Waals surface area contributed by atoms with Gasteiger partial charge in [0.15, 0.2) is 5.60 Å². The smallest absolute Gasteiger partial charge is 0.336 e. The number of aryl methyl sites for hydroxylation is 1. The number of carboxylic acids is 1. The zero-order chi connectivity index (χ0) is 18.1. The van der Waals surface area contributed by atoms with Crippen molar-refractivity contribution in [3.05, 3.63) is 23.3 Å². The zero-order valence-electron chi connectivity index (χ0n) is 14.3. The van der Waals surface area contributed by atoms with E-state index < -0.39 is 11.6 Å². The van der Waals surface area contributed by atoms with E-state index in [2.05, 4.69) is 5.32 Å². The number of rotatable bonds is 5. The van der Waals surface area contributed by atoms with Crippen LogP contribution < -0.4 is 15.0 Å². The fourth-order valence-electron chi connectivity index (χ4n) is 2.60. The molecule has 0 unspecified atom stereocenters. The van der Waals surface area contributed by atoms with Gasteiger partial charge in [0.2, 0.25) is 5.91 Å². The number of hydrogen-bond acceptors (Lipinski definition) is 4. The molecular weight excluding hydrogens is 312 g/mol. The molecule has 0 aromatic heterocycles. The predicted molar refractivity (Wildman–Crippen MR) is 88.5 cm³/mol. The first-order valence-corrected chi connectivity index (χ1v) is 7.83. The van der Waals surface area contributed by atoms with E-state index in [0.717, 1.165) is 0 Å². The summed E-state index contributed by atoms with van der Waals surface area (Å²) in [5.41, 5.74) is 0.0324. The monoisotopic (exact) mass is 334 g/mol. The van der Waals surface area contributed by atoms with Gasteiger partial charge in [-0.25, -0.2) is 4.79 Å². The van der Waals surface area contributed by atoms with Gasteiger partial charge >= 0.3 is 5.97 Å². The second-order valence-corrected chi connectivity index (χ2v) is 6.21. The van der Waals surface area contributed by atoms with Crippen LogP contribution in [0.3, 0.4) is 0 Å². The zero-order valence-corrected chi connectivity index (χ0v) is 14.3. The topological polar surface area (TPSA) is 95.9 Å². The molecule has 1 aromatic rings.